The lowest BCUT2D eigenvalue weighted by Gasteiger charge is -2.14. The molecule has 1 fully saturated rings. The molecule has 1 saturated heterocycles. The van der Waals surface area contributed by atoms with Crippen molar-refractivity contribution in [1.29, 1.82) is 0 Å². The van der Waals surface area contributed by atoms with E-state index in [-0.39, 0.29) is 12.2 Å². The summed E-state index contributed by atoms with van der Waals surface area (Å²) in [6.07, 6.45) is 0.429. The van der Waals surface area contributed by atoms with Crippen molar-refractivity contribution in [2.75, 3.05) is 13.2 Å². The monoisotopic (exact) mass is 261 g/mol. The molecule has 1 heterocycles. The maximum Gasteiger partial charge on any atom is 0.477 e. The van der Waals surface area contributed by atoms with Crippen LogP contribution in [-0.2, 0) is 22.7 Å². The Morgan fingerprint density at radius 1 is 1.53 bits per heavy atom. The third kappa shape index (κ3) is 5.75. The molecule has 0 aliphatic carbocycles. The highest BCUT2D eigenvalue weighted by Crippen LogP contribution is 2.55. The zero-order chi connectivity index (χ0) is 11.7. The second-order valence-corrected chi connectivity index (χ2v) is 6.41. The molecule has 15 heavy (non-hydrogen) atoms. The van der Waals surface area contributed by atoms with E-state index in [0.717, 1.165) is 0 Å². The predicted molar refractivity (Wildman–Crippen MR) is 49.8 cm³/mol. The van der Waals surface area contributed by atoms with Gasteiger partial charge in [-0.3, -0.25) is 4.52 Å². The summed E-state index contributed by atoms with van der Waals surface area (Å²) in [6.45, 7) is 2.34. The third-order valence-corrected chi connectivity index (χ3v) is 4.06. The molecule has 4 N–H and O–H groups in total. The van der Waals surface area contributed by atoms with Gasteiger partial charge in [0.1, 0.15) is 0 Å². The minimum atomic E-state index is -4.90. The van der Waals surface area contributed by atoms with Crippen LogP contribution < -0.4 is 5.50 Å². The maximum absolute atomic E-state index is 11.1. The highest BCUT2D eigenvalue weighted by Gasteiger charge is 2.39. The first-order valence-corrected chi connectivity index (χ1v) is 7.20. The first kappa shape index (κ1) is 13.3. The lowest BCUT2D eigenvalue weighted by Crippen LogP contribution is -2.11. The van der Waals surface area contributed by atoms with Gasteiger partial charge < -0.3 is 14.5 Å². The second-order valence-electron chi connectivity index (χ2n) is 3.43. The van der Waals surface area contributed by atoms with E-state index in [0.29, 0.717) is 13.0 Å². The molecule has 0 aromatic carbocycles. The predicted octanol–water partition coefficient (Wildman–Crippen LogP) is 0.358. The number of hydrogen-bond donors (Lipinski definition) is 3. The lowest BCUT2D eigenvalue weighted by atomic mass is 10.1. The van der Waals surface area contributed by atoms with Crippen LogP contribution in [0.1, 0.15) is 13.3 Å². The molecule has 0 spiro atoms. The largest absolute Gasteiger partial charge is 0.477 e. The summed E-state index contributed by atoms with van der Waals surface area (Å²) in [5.74, 6) is 0. The van der Waals surface area contributed by atoms with Crippen molar-refractivity contribution in [3.63, 3.8) is 0 Å². The summed E-state index contributed by atoms with van der Waals surface area (Å²) < 4.78 is 34.8. The van der Waals surface area contributed by atoms with Crippen LogP contribution in [0, 0.1) is 0 Å². The zero-order valence-electron chi connectivity index (χ0n) is 8.03. The van der Waals surface area contributed by atoms with E-state index < -0.39 is 15.6 Å². The Morgan fingerprint density at radius 2 is 2.07 bits per heavy atom. The molecule has 0 saturated carbocycles. The van der Waals surface area contributed by atoms with E-state index in [4.69, 9.17) is 20.0 Å². The minimum absolute atomic E-state index is 0.0513. The lowest BCUT2D eigenvalue weighted by molar-refractivity contribution is 0.202. The smallest absolute Gasteiger partial charge is 0.370 e. The van der Waals surface area contributed by atoms with Gasteiger partial charge in [-0.1, -0.05) is 0 Å². The Bertz CT molecular complexity index is 321. The van der Waals surface area contributed by atoms with Crippen LogP contribution >= 0.6 is 15.6 Å². The Balaban J connectivity index is 2.30. The molecule has 0 aromatic rings. The van der Waals surface area contributed by atoms with E-state index >= 15 is 0 Å². The van der Waals surface area contributed by atoms with E-state index in [1.807, 2.05) is 6.92 Å². The van der Waals surface area contributed by atoms with Gasteiger partial charge in [0.2, 0.25) is 0 Å². The quantitative estimate of drug-likeness (QED) is 0.461. The fraction of sp³-hybridized carbons (Fsp3) is 1.00. The van der Waals surface area contributed by atoms with Gasteiger partial charge in [-0.15, -0.1) is 0 Å². The molecule has 1 aliphatic rings. The summed E-state index contributed by atoms with van der Waals surface area (Å²) in [5.41, 5.74) is 4.63. The molecular formula is C5H13NO7P2. The minimum Gasteiger partial charge on any atom is -0.370 e. The summed E-state index contributed by atoms with van der Waals surface area (Å²) in [4.78, 5) is 16.7. The summed E-state index contributed by atoms with van der Waals surface area (Å²) in [6, 6.07) is 0. The number of nitrogens with two attached hydrogens (primary N) is 1. The molecule has 10 heteroatoms. The van der Waals surface area contributed by atoms with Crippen LogP contribution in [-0.4, -0.2) is 28.6 Å². The molecule has 0 radical (unpaired) electrons. The van der Waals surface area contributed by atoms with Gasteiger partial charge in [-0.2, -0.15) is 4.31 Å². The van der Waals surface area contributed by atoms with E-state index in [2.05, 4.69) is 8.83 Å². The van der Waals surface area contributed by atoms with Crippen LogP contribution in [0.2, 0.25) is 0 Å². The third-order valence-electron chi connectivity index (χ3n) is 1.76. The first-order valence-electron chi connectivity index (χ1n) is 4.06. The molecule has 90 valence electrons. The van der Waals surface area contributed by atoms with Crippen molar-refractivity contribution in [2.24, 2.45) is 5.50 Å². The molecule has 2 unspecified atom stereocenters. The summed E-state index contributed by atoms with van der Waals surface area (Å²) in [5, 5.41) is 0. The van der Waals surface area contributed by atoms with Gasteiger partial charge in [0.25, 0.3) is 0 Å². The molecule has 0 bridgehead atoms. The Labute approximate surface area is 86.5 Å². The fourth-order valence-electron chi connectivity index (χ4n) is 0.828. The van der Waals surface area contributed by atoms with E-state index in [1.54, 1.807) is 0 Å². The van der Waals surface area contributed by atoms with Gasteiger partial charge in [0.15, 0.2) is 0 Å². The first-order chi connectivity index (χ1) is 6.62. The van der Waals surface area contributed by atoms with Gasteiger partial charge in [-0.25, -0.2) is 14.6 Å². The Kier molecular flexibility index (Phi) is 3.75. The molecule has 1 rings (SSSR count). The summed E-state index contributed by atoms with van der Waals surface area (Å²) >= 11 is 0. The molecule has 0 aromatic heterocycles. The molecule has 1 aliphatic heterocycles. The maximum atomic E-state index is 11.1. The summed E-state index contributed by atoms with van der Waals surface area (Å²) in [7, 11) is -9.09. The van der Waals surface area contributed by atoms with E-state index in [1.165, 1.54) is 0 Å². The Morgan fingerprint density at radius 3 is 2.47 bits per heavy atom. The van der Waals surface area contributed by atoms with Crippen molar-refractivity contribution in [2.45, 2.75) is 18.9 Å². The highest BCUT2D eigenvalue weighted by molar-refractivity contribution is 7.62. The van der Waals surface area contributed by atoms with Crippen molar-refractivity contribution >= 4 is 15.6 Å². The standard InChI is InChI=1S/C5H13NO7P2/c1-5(4-11-5)2-3-12-14(6,7)13-15(8,9)10/h2-4H2,1H3,(H2,6,7)(H2,8,9,10). The average molecular weight is 261 g/mol. The van der Waals surface area contributed by atoms with Crippen molar-refractivity contribution in [1.82, 2.24) is 0 Å². The zero-order valence-corrected chi connectivity index (χ0v) is 9.82. The van der Waals surface area contributed by atoms with Crippen molar-refractivity contribution in [3.8, 4) is 0 Å². The number of epoxide rings is 1. The van der Waals surface area contributed by atoms with Crippen LogP contribution in [0.4, 0.5) is 0 Å². The van der Waals surface area contributed by atoms with E-state index in [9.17, 15) is 9.13 Å². The number of hydrogen-bond acceptors (Lipinski definition) is 5. The van der Waals surface area contributed by atoms with Crippen LogP contribution in [0.15, 0.2) is 0 Å². The van der Waals surface area contributed by atoms with Gasteiger partial charge >= 0.3 is 15.6 Å². The molecular weight excluding hydrogens is 248 g/mol. The number of rotatable bonds is 6. The van der Waals surface area contributed by atoms with Crippen LogP contribution in [0.3, 0.4) is 0 Å². The Hall–Kier alpha value is 0.220. The molecule has 0 amide bonds. The van der Waals surface area contributed by atoms with Crippen LogP contribution in [0.5, 0.6) is 0 Å². The number of ether oxygens (including phenoxy) is 1. The molecule has 8 nitrogen and oxygen atoms in total. The van der Waals surface area contributed by atoms with Crippen LogP contribution in [0.25, 0.3) is 0 Å². The topological polar surface area (TPSA) is 132 Å². The fourth-order valence-corrected chi connectivity index (χ4v) is 2.55. The normalized spacial score (nSPS) is 29.9. The van der Waals surface area contributed by atoms with Gasteiger partial charge in [0, 0.05) is 6.42 Å². The van der Waals surface area contributed by atoms with Gasteiger partial charge in [-0.05, 0) is 6.92 Å². The van der Waals surface area contributed by atoms with Crippen molar-refractivity contribution in [3.05, 3.63) is 0 Å². The average Bonchev–Trinajstić information content (AvgIpc) is 2.61. The van der Waals surface area contributed by atoms with Gasteiger partial charge in [0.05, 0.1) is 18.8 Å². The van der Waals surface area contributed by atoms with Crippen molar-refractivity contribution < 1.29 is 32.5 Å². The molecule has 2 atom stereocenters. The SMILES string of the molecule is CC1(CCOP(N)(=O)OP(=O)(O)O)CO1. The highest BCUT2D eigenvalue weighted by atomic mass is 31.3. The second kappa shape index (κ2) is 4.24. The number of phosphoric acid groups is 1.